The fourth-order valence-corrected chi connectivity index (χ4v) is 1.46. The maximum absolute atomic E-state index is 11.8. The number of aromatic amines is 1. The first-order chi connectivity index (χ1) is 8.75. The third kappa shape index (κ3) is 3.28. The maximum Gasteiger partial charge on any atom is 0.246 e. The molecule has 1 amide bonds. The number of imidazole rings is 1. The van der Waals surface area contributed by atoms with Crippen molar-refractivity contribution in [2.24, 2.45) is 0 Å². The van der Waals surface area contributed by atoms with Gasteiger partial charge < -0.3 is 9.88 Å². The zero-order valence-electron chi connectivity index (χ0n) is 10.1. The summed E-state index contributed by atoms with van der Waals surface area (Å²) in [7, 11) is 1.73. The molecule has 0 saturated heterocycles. The fourth-order valence-electron chi connectivity index (χ4n) is 1.46. The van der Waals surface area contributed by atoms with E-state index < -0.39 is 0 Å². The Balaban J connectivity index is 1.93. The number of nitrogens with one attached hydrogen (secondary N) is 1. The first kappa shape index (κ1) is 12.0. The molecule has 1 N–H and O–H groups in total. The SMILES string of the molecule is CN(Cc1ncc[nH]1)C(=O)C=Cc1cccnc1. The van der Waals surface area contributed by atoms with E-state index in [2.05, 4.69) is 15.0 Å². The molecular formula is C13H14N4O. The van der Waals surface area contributed by atoms with E-state index in [1.54, 1.807) is 42.8 Å². The van der Waals surface area contributed by atoms with Crippen molar-refractivity contribution in [2.75, 3.05) is 7.05 Å². The molecule has 92 valence electrons. The summed E-state index contributed by atoms with van der Waals surface area (Å²) in [4.78, 5) is 24.4. The van der Waals surface area contributed by atoms with Crippen LogP contribution in [0.5, 0.6) is 0 Å². The molecule has 2 aromatic heterocycles. The van der Waals surface area contributed by atoms with Gasteiger partial charge in [0, 0.05) is 37.9 Å². The molecule has 0 spiro atoms. The van der Waals surface area contributed by atoms with Gasteiger partial charge in [0.25, 0.3) is 0 Å². The average Bonchev–Trinajstić information content (AvgIpc) is 2.90. The van der Waals surface area contributed by atoms with Gasteiger partial charge >= 0.3 is 0 Å². The average molecular weight is 242 g/mol. The van der Waals surface area contributed by atoms with Crippen LogP contribution in [0.1, 0.15) is 11.4 Å². The monoisotopic (exact) mass is 242 g/mol. The number of hydrogen-bond donors (Lipinski definition) is 1. The Bertz CT molecular complexity index is 519. The Kier molecular flexibility index (Phi) is 3.86. The van der Waals surface area contributed by atoms with Gasteiger partial charge in [-0.2, -0.15) is 0 Å². The highest BCUT2D eigenvalue weighted by atomic mass is 16.2. The topological polar surface area (TPSA) is 61.9 Å². The summed E-state index contributed by atoms with van der Waals surface area (Å²) in [5, 5.41) is 0. The number of carbonyl (C=O) groups is 1. The van der Waals surface area contributed by atoms with E-state index in [4.69, 9.17) is 0 Å². The van der Waals surface area contributed by atoms with Crippen molar-refractivity contribution in [3.63, 3.8) is 0 Å². The van der Waals surface area contributed by atoms with Crippen LogP contribution in [0.2, 0.25) is 0 Å². The van der Waals surface area contributed by atoms with Gasteiger partial charge in [0.1, 0.15) is 5.82 Å². The van der Waals surface area contributed by atoms with Gasteiger partial charge in [0.2, 0.25) is 5.91 Å². The van der Waals surface area contributed by atoms with E-state index in [0.717, 1.165) is 11.4 Å². The Morgan fingerprint density at radius 3 is 3.06 bits per heavy atom. The number of likely N-dealkylation sites (N-methyl/N-ethyl adjacent to an activating group) is 1. The van der Waals surface area contributed by atoms with Gasteiger partial charge in [-0.05, 0) is 17.7 Å². The summed E-state index contributed by atoms with van der Waals surface area (Å²) >= 11 is 0. The number of H-pyrrole nitrogens is 1. The predicted octanol–water partition coefficient (Wildman–Crippen LogP) is 1.48. The number of rotatable bonds is 4. The van der Waals surface area contributed by atoms with Gasteiger partial charge in [0.05, 0.1) is 6.54 Å². The molecule has 0 bridgehead atoms. The minimum Gasteiger partial charge on any atom is -0.347 e. The Morgan fingerprint density at radius 1 is 1.50 bits per heavy atom. The van der Waals surface area contributed by atoms with Crippen molar-refractivity contribution in [3.8, 4) is 0 Å². The summed E-state index contributed by atoms with van der Waals surface area (Å²) in [5.41, 5.74) is 0.900. The standard InChI is InChI=1S/C13H14N4O/c1-17(10-12-15-7-8-16-12)13(18)5-4-11-3-2-6-14-9-11/h2-9H,10H2,1H3,(H,15,16). The molecule has 0 atom stereocenters. The molecular weight excluding hydrogens is 228 g/mol. The Hall–Kier alpha value is -2.43. The molecule has 2 aromatic rings. The van der Waals surface area contributed by atoms with Gasteiger partial charge in [-0.15, -0.1) is 0 Å². The predicted molar refractivity (Wildman–Crippen MR) is 68.3 cm³/mol. The molecule has 0 radical (unpaired) electrons. The van der Waals surface area contributed by atoms with E-state index in [9.17, 15) is 4.79 Å². The van der Waals surface area contributed by atoms with E-state index in [1.807, 2.05) is 12.1 Å². The van der Waals surface area contributed by atoms with Crippen LogP contribution in [0.3, 0.4) is 0 Å². The molecule has 0 fully saturated rings. The first-order valence-corrected chi connectivity index (χ1v) is 5.57. The summed E-state index contributed by atoms with van der Waals surface area (Å²) < 4.78 is 0. The van der Waals surface area contributed by atoms with Gasteiger partial charge in [-0.1, -0.05) is 6.07 Å². The number of nitrogens with zero attached hydrogens (tertiary/aromatic N) is 3. The summed E-state index contributed by atoms with van der Waals surface area (Å²) in [6.45, 7) is 0.462. The second kappa shape index (κ2) is 5.77. The van der Waals surface area contributed by atoms with Crippen LogP contribution in [-0.2, 0) is 11.3 Å². The quantitative estimate of drug-likeness (QED) is 0.826. The van der Waals surface area contributed by atoms with Crippen molar-refractivity contribution < 1.29 is 4.79 Å². The summed E-state index contributed by atoms with van der Waals surface area (Å²) in [6, 6.07) is 3.72. The first-order valence-electron chi connectivity index (χ1n) is 5.57. The van der Waals surface area contributed by atoms with Crippen molar-refractivity contribution >= 4 is 12.0 Å². The van der Waals surface area contributed by atoms with Crippen LogP contribution in [0.15, 0.2) is 43.0 Å². The highest BCUT2D eigenvalue weighted by Crippen LogP contribution is 2.01. The third-order valence-electron chi connectivity index (χ3n) is 2.42. The number of hydrogen-bond acceptors (Lipinski definition) is 3. The smallest absolute Gasteiger partial charge is 0.246 e. The second-order valence-corrected chi connectivity index (χ2v) is 3.85. The van der Waals surface area contributed by atoms with Gasteiger partial charge in [-0.25, -0.2) is 4.98 Å². The fraction of sp³-hybridized carbons (Fsp3) is 0.154. The van der Waals surface area contributed by atoms with Gasteiger partial charge in [-0.3, -0.25) is 9.78 Å². The number of carbonyl (C=O) groups excluding carboxylic acids is 1. The number of amides is 1. The zero-order valence-corrected chi connectivity index (χ0v) is 10.1. The number of aromatic nitrogens is 3. The minimum atomic E-state index is -0.0738. The molecule has 0 aliphatic heterocycles. The molecule has 0 saturated carbocycles. The van der Waals surface area contributed by atoms with Crippen molar-refractivity contribution in [3.05, 3.63) is 54.4 Å². The van der Waals surface area contributed by atoms with Crippen molar-refractivity contribution in [2.45, 2.75) is 6.54 Å². The lowest BCUT2D eigenvalue weighted by Gasteiger charge is -2.12. The number of pyridine rings is 1. The van der Waals surface area contributed by atoms with E-state index in [-0.39, 0.29) is 5.91 Å². The van der Waals surface area contributed by atoms with Crippen molar-refractivity contribution in [1.82, 2.24) is 19.9 Å². The highest BCUT2D eigenvalue weighted by molar-refractivity contribution is 5.91. The van der Waals surface area contributed by atoms with E-state index in [1.165, 1.54) is 6.08 Å². The molecule has 0 aliphatic rings. The zero-order chi connectivity index (χ0) is 12.8. The molecule has 0 unspecified atom stereocenters. The second-order valence-electron chi connectivity index (χ2n) is 3.85. The Labute approximate surface area is 105 Å². The molecule has 5 nitrogen and oxygen atoms in total. The molecule has 0 aromatic carbocycles. The van der Waals surface area contributed by atoms with E-state index in [0.29, 0.717) is 6.54 Å². The lowest BCUT2D eigenvalue weighted by Crippen LogP contribution is -2.24. The molecule has 18 heavy (non-hydrogen) atoms. The van der Waals surface area contributed by atoms with Crippen molar-refractivity contribution in [1.29, 1.82) is 0 Å². The Morgan fingerprint density at radius 2 is 2.39 bits per heavy atom. The molecule has 0 aliphatic carbocycles. The van der Waals surface area contributed by atoms with Crippen LogP contribution in [0, 0.1) is 0 Å². The highest BCUT2D eigenvalue weighted by Gasteiger charge is 2.06. The largest absolute Gasteiger partial charge is 0.347 e. The van der Waals surface area contributed by atoms with Crippen LogP contribution in [-0.4, -0.2) is 32.8 Å². The summed E-state index contributed by atoms with van der Waals surface area (Å²) in [6.07, 6.45) is 10.1. The van der Waals surface area contributed by atoms with Crippen LogP contribution in [0.4, 0.5) is 0 Å². The normalized spacial score (nSPS) is 10.7. The van der Waals surface area contributed by atoms with Crippen LogP contribution in [0.25, 0.3) is 6.08 Å². The minimum absolute atomic E-state index is 0.0738. The van der Waals surface area contributed by atoms with Gasteiger partial charge in [0.15, 0.2) is 0 Å². The third-order valence-corrected chi connectivity index (χ3v) is 2.42. The maximum atomic E-state index is 11.8. The molecule has 2 heterocycles. The van der Waals surface area contributed by atoms with E-state index >= 15 is 0 Å². The summed E-state index contributed by atoms with van der Waals surface area (Å²) in [5.74, 6) is 0.691. The lowest BCUT2D eigenvalue weighted by atomic mass is 10.2. The molecule has 2 rings (SSSR count). The van der Waals surface area contributed by atoms with Crippen LogP contribution < -0.4 is 0 Å². The molecule has 5 heteroatoms. The van der Waals surface area contributed by atoms with Crippen LogP contribution >= 0.6 is 0 Å². The lowest BCUT2D eigenvalue weighted by molar-refractivity contribution is -0.125.